The first-order chi connectivity index (χ1) is 11.1. The zero-order valence-electron chi connectivity index (χ0n) is 12.3. The monoisotopic (exact) mass is 395 g/mol. The maximum Gasteiger partial charge on any atom is 0.316 e. The molecule has 1 aromatic heterocycles. The Hall–Kier alpha value is -1.66. The Morgan fingerprint density at radius 1 is 1.30 bits per heavy atom. The standard InChI is InChI=1S/C16H15BrClN3O2/c17-11-8-19-16(20-9-11)23-12-4-3-7-21(10-12)15(22)13-5-1-2-6-14(13)18/h1-2,5-6,8-9,12H,3-4,7,10H2. The van der Waals surface area contributed by atoms with Gasteiger partial charge in [-0.2, -0.15) is 0 Å². The van der Waals surface area contributed by atoms with Crippen LogP contribution in [-0.2, 0) is 0 Å². The van der Waals surface area contributed by atoms with E-state index in [4.69, 9.17) is 16.3 Å². The first-order valence-corrected chi connectivity index (χ1v) is 8.48. The molecule has 1 aliphatic heterocycles. The highest BCUT2D eigenvalue weighted by Gasteiger charge is 2.27. The number of amides is 1. The molecule has 0 aliphatic carbocycles. The first-order valence-electron chi connectivity index (χ1n) is 7.31. The molecule has 0 spiro atoms. The molecule has 2 aromatic rings. The second-order valence-electron chi connectivity index (χ2n) is 5.30. The van der Waals surface area contributed by atoms with Crippen molar-refractivity contribution in [1.82, 2.24) is 14.9 Å². The minimum absolute atomic E-state index is 0.0689. The second-order valence-corrected chi connectivity index (χ2v) is 6.62. The van der Waals surface area contributed by atoms with E-state index in [1.165, 1.54) is 0 Å². The summed E-state index contributed by atoms with van der Waals surface area (Å²) in [5.41, 5.74) is 0.523. The lowest BCUT2D eigenvalue weighted by atomic mass is 10.1. The summed E-state index contributed by atoms with van der Waals surface area (Å²) in [5, 5.41) is 0.469. The number of carbonyl (C=O) groups is 1. The number of rotatable bonds is 3. The van der Waals surface area contributed by atoms with Crippen molar-refractivity contribution in [1.29, 1.82) is 0 Å². The van der Waals surface area contributed by atoms with Crippen LogP contribution in [0.5, 0.6) is 6.01 Å². The summed E-state index contributed by atoms with van der Waals surface area (Å²) in [6.07, 6.45) is 4.90. The molecule has 1 amide bonds. The number of aromatic nitrogens is 2. The Kier molecular flexibility index (Phi) is 5.13. The summed E-state index contributed by atoms with van der Waals surface area (Å²) in [6, 6.07) is 7.42. The van der Waals surface area contributed by atoms with Crippen LogP contribution in [0.2, 0.25) is 5.02 Å². The molecule has 1 fully saturated rings. The molecule has 1 aliphatic rings. The number of benzene rings is 1. The maximum absolute atomic E-state index is 12.6. The van der Waals surface area contributed by atoms with E-state index < -0.39 is 0 Å². The molecule has 1 atom stereocenters. The van der Waals surface area contributed by atoms with Gasteiger partial charge in [0.25, 0.3) is 5.91 Å². The number of carbonyl (C=O) groups excluding carboxylic acids is 1. The van der Waals surface area contributed by atoms with Crippen molar-refractivity contribution in [2.75, 3.05) is 13.1 Å². The molecule has 1 unspecified atom stereocenters. The van der Waals surface area contributed by atoms with Crippen molar-refractivity contribution in [3.63, 3.8) is 0 Å². The molecule has 23 heavy (non-hydrogen) atoms. The van der Waals surface area contributed by atoms with Gasteiger partial charge in [0.1, 0.15) is 6.10 Å². The van der Waals surface area contributed by atoms with Gasteiger partial charge in [-0.1, -0.05) is 23.7 Å². The fraction of sp³-hybridized carbons (Fsp3) is 0.312. The van der Waals surface area contributed by atoms with E-state index in [9.17, 15) is 4.79 Å². The van der Waals surface area contributed by atoms with E-state index in [1.54, 1.807) is 29.4 Å². The lowest BCUT2D eigenvalue weighted by Crippen LogP contribution is -2.44. The zero-order chi connectivity index (χ0) is 16.2. The third-order valence-electron chi connectivity index (χ3n) is 3.64. The first kappa shape index (κ1) is 16.2. The van der Waals surface area contributed by atoms with Crippen LogP contribution < -0.4 is 4.74 Å². The quantitative estimate of drug-likeness (QED) is 0.796. The highest BCUT2D eigenvalue weighted by Crippen LogP contribution is 2.21. The third kappa shape index (κ3) is 4.00. The molecule has 1 aromatic carbocycles. The Bertz CT molecular complexity index is 696. The van der Waals surface area contributed by atoms with Gasteiger partial charge in [0.2, 0.25) is 0 Å². The molecular formula is C16H15BrClN3O2. The van der Waals surface area contributed by atoms with Gasteiger partial charge in [-0.3, -0.25) is 4.79 Å². The number of nitrogens with zero attached hydrogens (tertiary/aromatic N) is 3. The van der Waals surface area contributed by atoms with Crippen molar-refractivity contribution < 1.29 is 9.53 Å². The molecule has 1 saturated heterocycles. The number of piperidine rings is 1. The Morgan fingerprint density at radius 2 is 2.04 bits per heavy atom. The summed E-state index contributed by atoms with van der Waals surface area (Å²) in [5.74, 6) is -0.0689. The van der Waals surface area contributed by atoms with Crippen molar-refractivity contribution in [3.8, 4) is 6.01 Å². The average molecular weight is 397 g/mol. The fourth-order valence-corrected chi connectivity index (χ4v) is 2.96. The molecule has 3 rings (SSSR count). The number of hydrogen-bond donors (Lipinski definition) is 0. The van der Waals surface area contributed by atoms with E-state index in [1.807, 2.05) is 12.1 Å². The Morgan fingerprint density at radius 3 is 2.78 bits per heavy atom. The second kappa shape index (κ2) is 7.27. The predicted octanol–water partition coefficient (Wildman–Crippen LogP) is 3.58. The van der Waals surface area contributed by atoms with Crippen LogP contribution >= 0.6 is 27.5 Å². The number of halogens is 2. The largest absolute Gasteiger partial charge is 0.458 e. The van der Waals surface area contributed by atoms with Crippen LogP contribution in [0, 0.1) is 0 Å². The molecule has 7 heteroatoms. The third-order valence-corrected chi connectivity index (χ3v) is 4.38. The highest BCUT2D eigenvalue weighted by molar-refractivity contribution is 9.10. The van der Waals surface area contributed by atoms with Crippen molar-refractivity contribution in [3.05, 3.63) is 51.7 Å². The van der Waals surface area contributed by atoms with E-state index in [2.05, 4.69) is 25.9 Å². The van der Waals surface area contributed by atoms with Gasteiger partial charge >= 0.3 is 6.01 Å². The smallest absolute Gasteiger partial charge is 0.316 e. The summed E-state index contributed by atoms with van der Waals surface area (Å²) in [6.45, 7) is 1.20. The Balaban J connectivity index is 1.67. The molecule has 120 valence electrons. The van der Waals surface area contributed by atoms with E-state index in [0.717, 1.165) is 17.3 Å². The van der Waals surface area contributed by atoms with Crippen LogP contribution in [0.4, 0.5) is 0 Å². The topological polar surface area (TPSA) is 55.3 Å². The van der Waals surface area contributed by atoms with Crippen molar-refractivity contribution in [2.24, 2.45) is 0 Å². The molecule has 5 nitrogen and oxygen atoms in total. The van der Waals surface area contributed by atoms with Crippen LogP contribution in [-0.4, -0.2) is 40.0 Å². The van der Waals surface area contributed by atoms with Crippen LogP contribution in [0.3, 0.4) is 0 Å². The van der Waals surface area contributed by atoms with Gasteiger partial charge < -0.3 is 9.64 Å². The normalized spacial score (nSPS) is 17.8. The van der Waals surface area contributed by atoms with E-state index in [0.29, 0.717) is 29.7 Å². The van der Waals surface area contributed by atoms with Crippen molar-refractivity contribution >= 4 is 33.4 Å². The summed E-state index contributed by atoms with van der Waals surface area (Å²) in [7, 11) is 0. The lowest BCUT2D eigenvalue weighted by Gasteiger charge is -2.32. The van der Waals surface area contributed by atoms with Crippen molar-refractivity contribution in [2.45, 2.75) is 18.9 Å². The van der Waals surface area contributed by atoms with Crippen LogP contribution in [0.15, 0.2) is 41.1 Å². The molecule has 0 bridgehead atoms. The summed E-state index contributed by atoms with van der Waals surface area (Å²) < 4.78 is 6.58. The Labute approximate surface area is 147 Å². The maximum atomic E-state index is 12.6. The molecular weight excluding hydrogens is 382 g/mol. The van der Waals surface area contributed by atoms with Crippen LogP contribution in [0.1, 0.15) is 23.2 Å². The van der Waals surface area contributed by atoms with Gasteiger partial charge in [0.05, 0.1) is 21.6 Å². The highest BCUT2D eigenvalue weighted by atomic mass is 79.9. The number of hydrogen-bond acceptors (Lipinski definition) is 4. The van der Waals surface area contributed by atoms with Gasteiger partial charge in [-0.25, -0.2) is 9.97 Å². The molecule has 0 saturated carbocycles. The summed E-state index contributed by atoms with van der Waals surface area (Å²) in [4.78, 5) is 22.6. The zero-order valence-corrected chi connectivity index (χ0v) is 14.6. The number of likely N-dealkylation sites (tertiary alicyclic amines) is 1. The molecule has 0 N–H and O–H groups in total. The number of ether oxygens (including phenoxy) is 1. The average Bonchev–Trinajstić information content (AvgIpc) is 2.57. The summed E-state index contributed by atoms with van der Waals surface area (Å²) >= 11 is 9.40. The predicted molar refractivity (Wildman–Crippen MR) is 90.7 cm³/mol. The lowest BCUT2D eigenvalue weighted by molar-refractivity contribution is 0.0516. The van der Waals surface area contributed by atoms with E-state index >= 15 is 0 Å². The molecule has 0 radical (unpaired) electrons. The van der Waals surface area contributed by atoms with Gasteiger partial charge in [0, 0.05) is 18.9 Å². The van der Waals surface area contributed by atoms with E-state index in [-0.39, 0.29) is 12.0 Å². The molecule has 2 heterocycles. The van der Waals surface area contributed by atoms with Gasteiger partial charge in [-0.15, -0.1) is 0 Å². The minimum atomic E-state index is -0.114. The van der Waals surface area contributed by atoms with Gasteiger partial charge in [0.15, 0.2) is 0 Å². The van der Waals surface area contributed by atoms with Gasteiger partial charge in [-0.05, 0) is 40.9 Å². The fourth-order valence-electron chi connectivity index (χ4n) is 2.53. The minimum Gasteiger partial charge on any atom is -0.458 e. The van der Waals surface area contributed by atoms with Crippen LogP contribution in [0.25, 0.3) is 0 Å². The SMILES string of the molecule is O=C(c1ccccc1Cl)N1CCCC(Oc2ncc(Br)cn2)C1.